The molecule has 0 spiro atoms. The van der Waals surface area contributed by atoms with Crippen molar-refractivity contribution in [3.05, 3.63) is 44.5 Å². The van der Waals surface area contributed by atoms with Gasteiger partial charge >= 0.3 is 17.1 Å². The van der Waals surface area contributed by atoms with Gasteiger partial charge in [-0.05, 0) is 24.5 Å². The number of aromatic amines is 1. The zero-order valence-electron chi connectivity index (χ0n) is 10.0. The Morgan fingerprint density at radius 3 is 2.95 bits per heavy atom. The van der Waals surface area contributed by atoms with E-state index < -0.39 is 23.1 Å². The molecule has 0 amide bonds. The summed E-state index contributed by atoms with van der Waals surface area (Å²) in [6.07, 6.45) is 1.12. The number of rotatable bonds is 2. The maximum absolute atomic E-state index is 12.0. The molecule has 2 heterocycles. The van der Waals surface area contributed by atoms with Gasteiger partial charge in [0.05, 0.1) is 17.5 Å². The molecule has 2 N–H and O–H groups in total. The first-order valence-corrected chi connectivity index (χ1v) is 6.06. The Hall–Kier alpha value is -2.37. The zero-order valence-corrected chi connectivity index (χ0v) is 10.0. The van der Waals surface area contributed by atoms with Crippen molar-refractivity contribution in [2.45, 2.75) is 25.3 Å². The molecule has 0 aliphatic carbocycles. The van der Waals surface area contributed by atoms with Crippen molar-refractivity contribution in [2.24, 2.45) is 0 Å². The van der Waals surface area contributed by atoms with Crippen molar-refractivity contribution in [3.8, 4) is 0 Å². The molecule has 1 aliphatic rings. The molecule has 0 fully saturated rings. The van der Waals surface area contributed by atoms with Crippen LogP contribution in [0.5, 0.6) is 0 Å². The van der Waals surface area contributed by atoms with Crippen LogP contribution in [-0.2, 0) is 11.2 Å². The second-order valence-electron chi connectivity index (χ2n) is 4.73. The number of benzene rings is 1. The number of carboxylic acids is 1. The molecular weight excluding hydrogens is 248 g/mol. The van der Waals surface area contributed by atoms with Crippen molar-refractivity contribution >= 4 is 17.0 Å². The van der Waals surface area contributed by atoms with Crippen LogP contribution in [-0.4, -0.2) is 20.6 Å². The van der Waals surface area contributed by atoms with E-state index in [2.05, 4.69) is 4.98 Å². The fourth-order valence-corrected chi connectivity index (χ4v) is 2.76. The summed E-state index contributed by atoms with van der Waals surface area (Å²) < 4.78 is 1.35. The number of nitrogens with one attached hydrogen (secondary N) is 1. The predicted octanol–water partition coefficient (Wildman–Crippen LogP) is 0.652. The fourth-order valence-electron chi connectivity index (χ4n) is 2.76. The van der Waals surface area contributed by atoms with Crippen LogP contribution in [0.4, 0.5) is 0 Å². The van der Waals surface area contributed by atoms with Crippen molar-refractivity contribution in [3.63, 3.8) is 0 Å². The van der Waals surface area contributed by atoms with Crippen LogP contribution in [0.25, 0.3) is 11.0 Å². The van der Waals surface area contributed by atoms with Crippen LogP contribution in [0.3, 0.4) is 0 Å². The quantitative estimate of drug-likeness (QED) is 0.775. The van der Waals surface area contributed by atoms with Crippen molar-refractivity contribution in [1.29, 1.82) is 0 Å². The maximum Gasteiger partial charge on any atom is 0.317 e. The molecule has 1 aromatic carbocycles. The molecular formula is C13H12N2O4. The van der Waals surface area contributed by atoms with Crippen LogP contribution < -0.4 is 11.1 Å². The van der Waals surface area contributed by atoms with Gasteiger partial charge in [-0.3, -0.25) is 19.0 Å². The number of para-hydroxylation sites is 1. The van der Waals surface area contributed by atoms with Gasteiger partial charge in [-0.25, -0.2) is 0 Å². The van der Waals surface area contributed by atoms with E-state index in [0.717, 1.165) is 5.56 Å². The number of hydrogen-bond acceptors (Lipinski definition) is 3. The summed E-state index contributed by atoms with van der Waals surface area (Å²) in [4.78, 5) is 37.1. The number of nitrogens with zero attached hydrogens (tertiary/aromatic N) is 1. The maximum atomic E-state index is 12.0. The molecule has 1 unspecified atom stereocenters. The van der Waals surface area contributed by atoms with Gasteiger partial charge in [0, 0.05) is 6.04 Å². The Labute approximate surface area is 107 Å². The van der Waals surface area contributed by atoms with Crippen molar-refractivity contribution in [2.75, 3.05) is 0 Å². The minimum atomic E-state index is -0.968. The van der Waals surface area contributed by atoms with Gasteiger partial charge in [-0.1, -0.05) is 12.1 Å². The van der Waals surface area contributed by atoms with E-state index >= 15 is 0 Å². The second-order valence-corrected chi connectivity index (χ2v) is 4.73. The Kier molecular flexibility index (Phi) is 2.51. The lowest BCUT2D eigenvalue weighted by atomic mass is 9.96. The van der Waals surface area contributed by atoms with Gasteiger partial charge in [0.25, 0.3) is 0 Å². The van der Waals surface area contributed by atoms with Crippen LogP contribution in [0.2, 0.25) is 0 Å². The third-order valence-electron chi connectivity index (χ3n) is 3.54. The number of carbonyl (C=O) groups is 1. The van der Waals surface area contributed by atoms with Crippen LogP contribution >= 0.6 is 0 Å². The molecule has 19 heavy (non-hydrogen) atoms. The summed E-state index contributed by atoms with van der Waals surface area (Å²) in [7, 11) is 0. The average Bonchev–Trinajstić information content (AvgIpc) is 2.36. The monoisotopic (exact) mass is 260 g/mol. The first-order chi connectivity index (χ1) is 9.08. The van der Waals surface area contributed by atoms with Crippen molar-refractivity contribution in [1.82, 2.24) is 9.55 Å². The van der Waals surface area contributed by atoms with Crippen molar-refractivity contribution < 1.29 is 9.90 Å². The standard InChI is InChI=1S/C13H12N2O4/c16-10(17)6-8-5-4-7-2-1-3-9-11(7)15(8)13(19)12(18)14-9/h1-3,8H,4-6H2,(H,14,18)(H,16,17). The largest absolute Gasteiger partial charge is 0.481 e. The average molecular weight is 260 g/mol. The Bertz CT molecular complexity index is 787. The number of aliphatic carboxylic acids is 1. The SMILES string of the molecule is O=C(O)CC1CCc2cccc3[nH]c(=O)c(=O)n1c23. The fraction of sp³-hybridized carbons (Fsp3) is 0.308. The van der Waals surface area contributed by atoms with E-state index in [0.29, 0.717) is 23.9 Å². The van der Waals surface area contributed by atoms with Gasteiger partial charge in [0.2, 0.25) is 0 Å². The van der Waals surface area contributed by atoms with Crippen LogP contribution in [0, 0.1) is 0 Å². The Morgan fingerprint density at radius 1 is 1.42 bits per heavy atom. The second kappa shape index (κ2) is 4.08. The molecule has 0 radical (unpaired) electrons. The lowest BCUT2D eigenvalue weighted by Crippen LogP contribution is -2.40. The highest BCUT2D eigenvalue weighted by Gasteiger charge is 2.25. The lowest BCUT2D eigenvalue weighted by molar-refractivity contribution is -0.138. The number of H-pyrrole nitrogens is 1. The van der Waals surface area contributed by atoms with Crippen LogP contribution in [0.15, 0.2) is 27.8 Å². The minimum absolute atomic E-state index is 0.146. The van der Waals surface area contributed by atoms with E-state index in [1.54, 1.807) is 6.07 Å². The number of aromatic nitrogens is 2. The highest BCUT2D eigenvalue weighted by molar-refractivity contribution is 5.79. The third kappa shape index (κ3) is 1.76. The molecule has 98 valence electrons. The van der Waals surface area contributed by atoms with E-state index in [9.17, 15) is 14.4 Å². The van der Waals surface area contributed by atoms with Gasteiger partial charge in [-0.15, -0.1) is 0 Å². The number of carboxylic acid groups (broad SMARTS) is 1. The predicted molar refractivity (Wildman–Crippen MR) is 68.4 cm³/mol. The summed E-state index contributed by atoms with van der Waals surface area (Å²) in [6, 6.07) is 4.98. The summed E-state index contributed by atoms with van der Waals surface area (Å²) >= 11 is 0. The molecule has 0 bridgehead atoms. The van der Waals surface area contributed by atoms with Gasteiger partial charge < -0.3 is 10.1 Å². The van der Waals surface area contributed by atoms with Gasteiger partial charge in [0.1, 0.15) is 0 Å². The smallest absolute Gasteiger partial charge is 0.317 e. The Morgan fingerprint density at radius 2 is 2.21 bits per heavy atom. The molecule has 6 heteroatoms. The zero-order chi connectivity index (χ0) is 13.6. The lowest BCUT2D eigenvalue weighted by Gasteiger charge is -2.26. The summed E-state index contributed by atoms with van der Waals surface area (Å²) in [5.41, 5.74) is 0.821. The molecule has 0 saturated carbocycles. The van der Waals surface area contributed by atoms with E-state index in [4.69, 9.17) is 5.11 Å². The van der Waals surface area contributed by atoms with E-state index in [-0.39, 0.29) is 6.42 Å². The molecule has 1 aromatic heterocycles. The molecule has 6 nitrogen and oxygen atoms in total. The normalized spacial score (nSPS) is 17.6. The number of aryl methyl sites for hydroxylation is 1. The number of hydrogen-bond donors (Lipinski definition) is 2. The third-order valence-corrected chi connectivity index (χ3v) is 3.54. The molecule has 1 aliphatic heterocycles. The highest BCUT2D eigenvalue weighted by atomic mass is 16.4. The summed E-state index contributed by atoms with van der Waals surface area (Å²) in [6.45, 7) is 0. The van der Waals surface area contributed by atoms with E-state index in [1.165, 1.54) is 4.57 Å². The van der Waals surface area contributed by atoms with Gasteiger partial charge in [0.15, 0.2) is 0 Å². The molecule has 0 saturated heterocycles. The highest BCUT2D eigenvalue weighted by Crippen LogP contribution is 2.29. The minimum Gasteiger partial charge on any atom is -0.481 e. The summed E-state index contributed by atoms with van der Waals surface area (Å²) in [5.74, 6) is -0.968. The van der Waals surface area contributed by atoms with Gasteiger partial charge in [-0.2, -0.15) is 0 Å². The molecule has 1 atom stereocenters. The van der Waals surface area contributed by atoms with Crippen LogP contribution in [0.1, 0.15) is 24.4 Å². The topological polar surface area (TPSA) is 92.2 Å². The first kappa shape index (κ1) is 11.7. The summed E-state index contributed by atoms with van der Waals surface area (Å²) in [5, 5.41) is 8.93. The molecule has 3 rings (SSSR count). The first-order valence-electron chi connectivity index (χ1n) is 6.06. The Balaban J connectivity index is 2.38. The van der Waals surface area contributed by atoms with E-state index in [1.807, 2.05) is 12.1 Å². The molecule has 2 aromatic rings.